The van der Waals surface area contributed by atoms with Gasteiger partial charge in [0, 0.05) is 17.5 Å². The number of aromatic amines is 1. The summed E-state index contributed by atoms with van der Waals surface area (Å²) < 4.78 is 16.7. The van der Waals surface area contributed by atoms with Gasteiger partial charge in [-0.2, -0.15) is 4.98 Å². The van der Waals surface area contributed by atoms with E-state index < -0.39 is 5.76 Å². The molecule has 5 rings (SSSR count). The second kappa shape index (κ2) is 13.7. The molecular formula is C33H34N4O4. The molecule has 0 aliphatic rings. The van der Waals surface area contributed by atoms with Gasteiger partial charge >= 0.3 is 5.76 Å². The Morgan fingerprint density at radius 1 is 0.854 bits per heavy atom. The molecule has 0 amide bonds. The molecule has 2 heterocycles. The smallest absolute Gasteiger partial charge is 0.439 e. The predicted octanol–water partition coefficient (Wildman–Crippen LogP) is 6.32. The minimum Gasteiger partial charge on any atom is -0.475 e. The summed E-state index contributed by atoms with van der Waals surface area (Å²) in [6, 6.07) is 26.2. The summed E-state index contributed by atoms with van der Waals surface area (Å²) in [5, 5.41) is 3.87. The molecule has 0 atom stereocenters. The Bertz CT molecular complexity index is 1610. The second-order valence-corrected chi connectivity index (χ2v) is 9.85. The largest absolute Gasteiger partial charge is 0.475 e. The Labute approximate surface area is 239 Å². The van der Waals surface area contributed by atoms with E-state index >= 15 is 0 Å². The number of aryl methyl sites for hydroxylation is 2. The minimum atomic E-state index is -0.579. The third kappa shape index (κ3) is 7.35. The number of nitrogens with zero attached hydrogens (tertiary/aromatic N) is 3. The third-order valence-corrected chi connectivity index (χ3v) is 6.78. The first kappa shape index (κ1) is 28.0. The average molecular weight is 551 g/mol. The Morgan fingerprint density at radius 2 is 1.61 bits per heavy atom. The van der Waals surface area contributed by atoms with Gasteiger partial charge in [-0.25, -0.2) is 9.78 Å². The van der Waals surface area contributed by atoms with Gasteiger partial charge in [0.15, 0.2) is 5.82 Å². The molecule has 0 spiro atoms. The number of hydrogen-bond acceptors (Lipinski definition) is 7. The minimum absolute atomic E-state index is 0.404. The molecule has 3 aromatic carbocycles. The van der Waals surface area contributed by atoms with E-state index in [4.69, 9.17) is 19.0 Å². The van der Waals surface area contributed by atoms with Crippen molar-refractivity contribution in [3.05, 3.63) is 118 Å². The molecular weight excluding hydrogens is 516 g/mol. The Kier molecular flexibility index (Phi) is 9.34. The highest BCUT2D eigenvalue weighted by Crippen LogP contribution is 2.31. The van der Waals surface area contributed by atoms with Gasteiger partial charge in [0.25, 0.3) is 0 Å². The molecule has 0 saturated heterocycles. The van der Waals surface area contributed by atoms with Gasteiger partial charge in [0.05, 0.1) is 18.9 Å². The van der Waals surface area contributed by atoms with Crippen molar-refractivity contribution in [2.45, 2.75) is 46.1 Å². The third-order valence-electron chi connectivity index (χ3n) is 6.78. The average Bonchev–Trinajstić information content (AvgIpc) is 3.44. The van der Waals surface area contributed by atoms with E-state index in [9.17, 15) is 4.79 Å². The highest BCUT2D eigenvalue weighted by atomic mass is 16.5. The van der Waals surface area contributed by atoms with Crippen molar-refractivity contribution < 1.29 is 14.0 Å². The van der Waals surface area contributed by atoms with Crippen LogP contribution in [0, 0.1) is 6.92 Å². The molecule has 5 aromatic rings. The zero-order valence-electron chi connectivity index (χ0n) is 23.4. The fraction of sp³-hybridized carbons (Fsp3) is 0.273. The number of H-pyrrole nitrogens is 1. The van der Waals surface area contributed by atoms with Gasteiger partial charge in [-0.3, -0.25) is 9.51 Å². The maximum Gasteiger partial charge on any atom is 0.439 e. The Hall–Kier alpha value is -4.56. The predicted molar refractivity (Wildman–Crippen MR) is 158 cm³/mol. The molecule has 0 radical (unpaired) electrons. The SMILES string of the molecule is CCCCc1nc(C)nc(OCCOCc2ccccc2)c1Cc1ccc(-c2ccccc2-c2noc(=O)[nH]2)cc1. The lowest BCUT2D eigenvalue weighted by atomic mass is 9.96. The fourth-order valence-electron chi connectivity index (χ4n) is 4.73. The Balaban J connectivity index is 1.33. The van der Waals surface area contributed by atoms with Gasteiger partial charge < -0.3 is 9.47 Å². The number of benzene rings is 3. The van der Waals surface area contributed by atoms with E-state index in [1.807, 2.05) is 61.5 Å². The summed E-state index contributed by atoms with van der Waals surface area (Å²) in [5.41, 5.74) is 7.05. The van der Waals surface area contributed by atoms with E-state index in [0.717, 1.165) is 58.3 Å². The molecule has 210 valence electrons. The van der Waals surface area contributed by atoms with Crippen LogP contribution >= 0.6 is 0 Å². The zero-order valence-corrected chi connectivity index (χ0v) is 23.4. The molecule has 41 heavy (non-hydrogen) atoms. The van der Waals surface area contributed by atoms with E-state index in [1.165, 1.54) is 0 Å². The maximum absolute atomic E-state index is 11.5. The molecule has 0 unspecified atom stereocenters. The highest BCUT2D eigenvalue weighted by Gasteiger charge is 2.16. The molecule has 2 aromatic heterocycles. The van der Waals surface area contributed by atoms with Crippen molar-refractivity contribution in [2.75, 3.05) is 13.2 Å². The molecule has 0 aliphatic carbocycles. The van der Waals surface area contributed by atoms with E-state index in [0.29, 0.717) is 43.8 Å². The fourth-order valence-corrected chi connectivity index (χ4v) is 4.73. The van der Waals surface area contributed by atoms with Crippen LogP contribution in [0.2, 0.25) is 0 Å². The van der Waals surface area contributed by atoms with Gasteiger partial charge in [0.2, 0.25) is 5.88 Å². The van der Waals surface area contributed by atoms with E-state index in [1.54, 1.807) is 0 Å². The molecule has 0 fully saturated rings. The molecule has 1 N–H and O–H groups in total. The topological polar surface area (TPSA) is 103 Å². The summed E-state index contributed by atoms with van der Waals surface area (Å²) in [7, 11) is 0. The number of aromatic nitrogens is 4. The summed E-state index contributed by atoms with van der Waals surface area (Å²) in [6.45, 7) is 5.51. The van der Waals surface area contributed by atoms with Gasteiger partial charge in [-0.1, -0.05) is 97.4 Å². The van der Waals surface area contributed by atoms with Crippen LogP contribution in [0.1, 0.15) is 48.0 Å². The van der Waals surface area contributed by atoms with Crippen molar-refractivity contribution in [3.63, 3.8) is 0 Å². The molecule has 0 aliphatic heterocycles. The second-order valence-electron chi connectivity index (χ2n) is 9.85. The zero-order chi connectivity index (χ0) is 28.4. The maximum atomic E-state index is 11.5. The van der Waals surface area contributed by atoms with Gasteiger partial charge in [0.1, 0.15) is 12.4 Å². The van der Waals surface area contributed by atoms with E-state index in [-0.39, 0.29) is 0 Å². The van der Waals surface area contributed by atoms with Crippen molar-refractivity contribution >= 4 is 0 Å². The summed E-state index contributed by atoms with van der Waals surface area (Å²) in [4.78, 5) is 23.6. The number of hydrogen-bond donors (Lipinski definition) is 1. The lowest BCUT2D eigenvalue weighted by molar-refractivity contribution is 0.0870. The number of nitrogens with one attached hydrogen (secondary N) is 1. The molecule has 0 saturated carbocycles. The van der Waals surface area contributed by atoms with Crippen LogP contribution in [-0.2, 0) is 24.2 Å². The van der Waals surface area contributed by atoms with Crippen LogP contribution < -0.4 is 10.5 Å². The first-order chi connectivity index (χ1) is 20.1. The van der Waals surface area contributed by atoms with Crippen LogP contribution in [0.25, 0.3) is 22.5 Å². The summed E-state index contributed by atoms with van der Waals surface area (Å²) in [6.07, 6.45) is 3.65. The highest BCUT2D eigenvalue weighted by molar-refractivity contribution is 5.80. The lowest BCUT2D eigenvalue weighted by Gasteiger charge is -2.16. The van der Waals surface area contributed by atoms with Crippen molar-refractivity contribution in [1.82, 2.24) is 20.1 Å². The standard InChI is InChI=1S/C33H34N4O4/c1-3-4-14-30-29(32(35-23(2)34-30)40-20-19-39-22-25-10-6-5-7-11-25)21-24-15-17-26(18-16-24)27-12-8-9-13-28(27)31-36-33(38)41-37-31/h5-13,15-18H,3-4,14,19-22H2,1-2H3,(H,36,37,38). The molecule has 0 bridgehead atoms. The number of rotatable bonds is 13. The van der Waals surface area contributed by atoms with Crippen LogP contribution in [0.4, 0.5) is 0 Å². The van der Waals surface area contributed by atoms with Gasteiger partial charge in [-0.15, -0.1) is 0 Å². The molecule has 8 heteroatoms. The van der Waals surface area contributed by atoms with Gasteiger partial charge in [-0.05, 0) is 42.0 Å². The van der Waals surface area contributed by atoms with Crippen molar-refractivity contribution in [1.29, 1.82) is 0 Å². The quantitative estimate of drug-likeness (QED) is 0.171. The summed E-state index contributed by atoms with van der Waals surface area (Å²) >= 11 is 0. The summed E-state index contributed by atoms with van der Waals surface area (Å²) in [5.74, 6) is 1.15. The monoisotopic (exact) mass is 550 g/mol. The van der Waals surface area contributed by atoms with Crippen LogP contribution in [0.3, 0.4) is 0 Å². The van der Waals surface area contributed by atoms with Crippen molar-refractivity contribution in [2.24, 2.45) is 0 Å². The lowest BCUT2D eigenvalue weighted by Crippen LogP contribution is -2.12. The Morgan fingerprint density at radius 3 is 2.34 bits per heavy atom. The van der Waals surface area contributed by atoms with Crippen molar-refractivity contribution in [3.8, 4) is 28.4 Å². The van der Waals surface area contributed by atoms with Crippen LogP contribution in [0.15, 0.2) is 88.2 Å². The first-order valence-electron chi connectivity index (χ1n) is 14.0. The van der Waals surface area contributed by atoms with Crippen LogP contribution in [-0.4, -0.2) is 33.3 Å². The normalized spacial score (nSPS) is 11.1. The number of ether oxygens (including phenoxy) is 2. The number of unbranched alkanes of at least 4 members (excludes halogenated alkanes) is 1. The van der Waals surface area contributed by atoms with E-state index in [2.05, 4.69) is 46.3 Å². The molecule has 8 nitrogen and oxygen atoms in total. The first-order valence-corrected chi connectivity index (χ1v) is 14.0. The van der Waals surface area contributed by atoms with Crippen LogP contribution in [0.5, 0.6) is 5.88 Å².